The fourth-order valence-corrected chi connectivity index (χ4v) is 2.98. The summed E-state index contributed by atoms with van der Waals surface area (Å²) >= 11 is 0. The van der Waals surface area contributed by atoms with Gasteiger partial charge < -0.3 is 14.5 Å². The SMILES string of the molecule is CCc1oc2ccccc2c1CNCC1CCOCC1. The van der Waals surface area contributed by atoms with Crippen molar-refractivity contribution < 1.29 is 9.15 Å². The van der Waals surface area contributed by atoms with Crippen LogP contribution in [-0.2, 0) is 17.7 Å². The number of benzene rings is 1. The predicted molar refractivity (Wildman–Crippen MR) is 80.8 cm³/mol. The fraction of sp³-hybridized carbons (Fsp3) is 0.529. The van der Waals surface area contributed by atoms with E-state index in [0.29, 0.717) is 0 Å². The summed E-state index contributed by atoms with van der Waals surface area (Å²) in [5.74, 6) is 1.87. The van der Waals surface area contributed by atoms with E-state index in [2.05, 4.69) is 30.4 Å². The molecular weight excluding hydrogens is 250 g/mol. The molecule has 0 unspecified atom stereocenters. The van der Waals surface area contributed by atoms with Crippen LogP contribution in [0.3, 0.4) is 0 Å². The second-order valence-corrected chi connectivity index (χ2v) is 5.54. The number of rotatable bonds is 5. The third-order valence-corrected chi connectivity index (χ3v) is 4.18. The number of para-hydroxylation sites is 1. The summed E-state index contributed by atoms with van der Waals surface area (Å²) in [6, 6.07) is 8.32. The Kier molecular flexibility index (Phi) is 4.38. The van der Waals surface area contributed by atoms with Crippen molar-refractivity contribution >= 4 is 11.0 Å². The maximum absolute atomic E-state index is 5.93. The average Bonchev–Trinajstić information content (AvgIpc) is 2.87. The molecule has 0 aliphatic carbocycles. The molecule has 1 fully saturated rings. The van der Waals surface area contributed by atoms with Crippen molar-refractivity contribution in [2.45, 2.75) is 32.7 Å². The zero-order valence-electron chi connectivity index (χ0n) is 12.2. The molecule has 1 aliphatic heterocycles. The van der Waals surface area contributed by atoms with Crippen LogP contribution in [0.4, 0.5) is 0 Å². The molecule has 0 radical (unpaired) electrons. The van der Waals surface area contributed by atoms with Gasteiger partial charge in [0.15, 0.2) is 0 Å². The van der Waals surface area contributed by atoms with Crippen LogP contribution in [0, 0.1) is 5.92 Å². The standard InChI is InChI=1S/C17H23NO2/c1-2-16-15(14-5-3-4-6-17(14)20-16)12-18-11-13-7-9-19-10-8-13/h3-6,13,18H,2,7-12H2,1H3. The molecule has 1 N–H and O–H groups in total. The first kappa shape index (κ1) is 13.7. The Hall–Kier alpha value is -1.32. The normalized spacial score (nSPS) is 16.9. The van der Waals surface area contributed by atoms with Crippen LogP contribution in [0.25, 0.3) is 11.0 Å². The Morgan fingerprint density at radius 2 is 2.00 bits per heavy atom. The molecule has 20 heavy (non-hydrogen) atoms. The first-order valence-corrected chi connectivity index (χ1v) is 7.66. The summed E-state index contributed by atoms with van der Waals surface area (Å²) in [6.07, 6.45) is 3.31. The van der Waals surface area contributed by atoms with E-state index in [1.807, 2.05) is 6.07 Å². The molecule has 3 rings (SSSR count). The highest BCUT2D eigenvalue weighted by Crippen LogP contribution is 2.26. The molecule has 1 aromatic carbocycles. The highest BCUT2D eigenvalue weighted by molar-refractivity contribution is 5.82. The van der Waals surface area contributed by atoms with Gasteiger partial charge in [0, 0.05) is 37.1 Å². The van der Waals surface area contributed by atoms with Crippen LogP contribution in [0.15, 0.2) is 28.7 Å². The topological polar surface area (TPSA) is 34.4 Å². The number of furan rings is 1. The van der Waals surface area contributed by atoms with Gasteiger partial charge in [0.2, 0.25) is 0 Å². The van der Waals surface area contributed by atoms with E-state index < -0.39 is 0 Å². The molecule has 3 heteroatoms. The van der Waals surface area contributed by atoms with Gasteiger partial charge in [-0.3, -0.25) is 0 Å². The first-order chi connectivity index (χ1) is 9.88. The van der Waals surface area contributed by atoms with E-state index in [0.717, 1.165) is 50.0 Å². The fourth-order valence-electron chi connectivity index (χ4n) is 2.98. The van der Waals surface area contributed by atoms with Crippen LogP contribution in [0.1, 0.15) is 31.1 Å². The molecule has 0 atom stereocenters. The van der Waals surface area contributed by atoms with Gasteiger partial charge in [-0.15, -0.1) is 0 Å². The van der Waals surface area contributed by atoms with Crippen molar-refractivity contribution in [3.05, 3.63) is 35.6 Å². The van der Waals surface area contributed by atoms with Crippen LogP contribution in [0.5, 0.6) is 0 Å². The highest BCUT2D eigenvalue weighted by atomic mass is 16.5. The number of ether oxygens (including phenoxy) is 1. The van der Waals surface area contributed by atoms with Gasteiger partial charge in [0.05, 0.1) is 0 Å². The third-order valence-electron chi connectivity index (χ3n) is 4.18. The lowest BCUT2D eigenvalue weighted by atomic mass is 10.0. The summed E-state index contributed by atoms with van der Waals surface area (Å²) < 4.78 is 11.3. The van der Waals surface area contributed by atoms with Gasteiger partial charge in [-0.25, -0.2) is 0 Å². The van der Waals surface area contributed by atoms with Crippen molar-refractivity contribution in [1.29, 1.82) is 0 Å². The molecule has 2 aromatic rings. The molecule has 0 spiro atoms. The van der Waals surface area contributed by atoms with Crippen molar-refractivity contribution in [1.82, 2.24) is 5.32 Å². The molecule has 2 heterocycles. The Balaban J connectivity index is 1.66. The van der Waals surface area contributed by atoms with E-state index in [1.165, 1.54) is 23.8 Å². The van der Waals surface area contributed by atoms with Crippen molar-refractivity contribution in [2.24, 2.45) is 5.92 Å². The first-order valence-electron chi connectivity index (χ1n) is 7.66. The Morgan fingerprint density at radius 1 is 1.20 bits per heavy atom. The summed E-state index contributed by atoms with van der Waals surface area (Å²) in [5, 5.41) is 4.86. The van der Waals surface area contributed by atoms with Gasteiger partial charge in [0.1, 0.15) is 11.3 Å². The number of aryl methyl sites for hydroxylation is 1. The van der Waals surface area contributed by atoms with Crippen LogP contribution in [0.2, 0.25) is 0 Å². The zero-order chi connectivity index (χ0) is 13.8. The van der Waals surface area contributed by atoms with E-state index in [4.69, 9.17) is 9.15 Å². The smallest absolute Gasteiger partial charge is 0.134 e. The third kappa shape index (κ3) is 2.89. The Bertz CT molecular complexity index is 555. The molecular formula is C17H23NO2. The summed E-state index contributed by atoms with van der Waals surface area (Å²) in [7, 11) is 0. The van der Waals surface area contributed by atoms with E-state index in [9.17, 15) is 0 Å². The Morgan fingerprint density at radius 3 is 2.80 bits per heavy atom. The maximum atomic E-state index is 5.93. The van der Waals surface area contributed by atoms with Crippen molar-refractivity contribution in [2.75, 3.05) is 19.8 Å². The number of nitrogens with one attached hydrogen (secondary N) is 1. The van der Waals surface area contributed by atoms with Gasteiger partial charge >= 0.3 is 0 Å². The second-order valence-electron chi connectivity index (χ2n) is 5.54. The lowest BCUT2D eigenvalue weighted by Crippen LogP contribution is -2.27. The van der Waals surface area contributed by atoms with Crippen molar-refractivity contribution in [3.8, 4) is 0 Å². The summed E-state index contributed by atoms with van der Waals surface area (Å²) in [6.45, 7) is 5.96. The minimum Gasteiger partial charge on any atom is -0.461 e. The van der Waals surface area contributed by atoms with Crippen LogP contribution >= 0.6 is 0 Å². The van der Waals surface area contributed by atoms with Gasteiger partial charge in [-0.1, -0.05) is 25.1 Å². The molecule has 108 valence electrons. The molecule has 1 aromatic heterocycles. The minimum atomic E-state index is 0.756. The number of hydrogen-bond donors (Lipinski definition) is 1. The van der Waals surface area contributed by atoms with Gasteiger partial charge in [-0.05, 0) is 31.4 Å². The largest absolute Gasteiger partial charge is 0.461 e. The quantitative estimate of drug-likeness (QED) is 0.905. The van der Waals surface area contributed by atoms with Gasteiger partial charge in [-0.2, -0.15) is 0 Å². The molecule has 1 aliphatic rings. The monoisotopic (exact) mass is 273 g/mol. The van der Waals surface area contributed by atoms with E-state index in [-0.39, 0.29) is 0 Å². The molecule has 0 bridgehead atoms. The summed E-state index contributed by atoms with van der Waals surface area (Å²) in [4.78, 5) is 0. The van der Waals surface area contributed by atoms with Crippen LogP contribution < -0.4 is 5.32 Å². The molecule has 3 nitrogen and oxygen atoms in total. The second kappa shape index (κ2) is 6.42. The molecule has 0 saturated carbocycles. The lowest BCUT2D eigenvalue weighted by Gasteiger charge is -2.22. The van der Waals surface area contributed by atoms with E-state index in [1.54, 1.807) is 0 Å². The molecule has 1 saturated heterocycles. The number of hydrogen-bond acceptors (Lipinski definition) is 3. The van der Waals surface area contributed by atoms with Gasteiger partial charge in [0.25, 0.3) is 0 Å². The predicted octanol–water partition coefficient (Wildman–Crippen LogP) is 3.51. The highest BCUT2D eigenvalue weighted by Gasteiger charge is 2.15. The van der Waals surface area contributed by atoms with E-state index >= 15 is 0 Å². The summed E-state index contributed by atoms with van der Waals surface area (Å²) in [5.41, 5.74) is 2.34. The minimum absolute atomic E-state index is 0.756. The molecule has 0 amide bonds. The average molecular weight is 273 g/mol. The number of fused-ring (bicyclic) bond motifs is 1. The lowest BCUT2D eigenvalue weighted by molar-refractivity contribution is 0.0662. The van der Waals surface area contributed by atoms with Crippen LogP contribution in [-0.4, -0.2) is 19.8 Å². The van der Waals surface area contributed by atoms with Crippen molar-refractivity contribution in [3.63, 3.8) is 0 Å². The maximum Gasteiger partial charge on any atom is 0.134 e. The zero-order valence-corrected chi connectivity index (χ0v) is 12.2. The Labute approximate surface area is 120 Å².